The number of carbonyl (C=O) groups excluding carboxylic acids is 1. The summed E-state index contributed by atoms with van der Waals surface area (Å²) in [7, 11) is 1.76. The average Bonchev–Trinajstić information content (AvgIpc) is 2.92. The molecule has 0 spiro atoms. The summed E-state index contributed by atoms with van der Waals surface area (Å²) in [6.45, 7) is 2.71. The van der Waals surface area contributed by atoms with Crippen molar-refractivity contribution in [3.05, 3.63) is 40.9 Å². The Morgan fingerprint density at radius 1 is 1.50 bits per heavy atom. The van der Waals surface area contributed by atoms with Crippen LogP contribution in [0.5, 0.6) is 0 Å². The Balaban J connectivity index is 2.15. The summed E-state index contributed by atoms with van der Waals surface area (Å²) in [5.41, 5.74) is 1.13. The minimum atomic E-state index is -0.120. The molecule has 18 heavy (non-hydrogen) atoms. The first-order chi connectivity index (χ1) is 8.60. The van der Waals surface area contributed by atoms with Gasteiger partial charge in [-0.25, -0.2) is 0 Å². The molecule has 6 heteroatoms. The number of aryl methyl sites for hydroxylation is 2. The van der Waals surface area contributed by atoms with Crippen LogP contribution in [0.25, 0.3) is 6.08 Å². The van der Waals surface area contributed by atoms with Crippen LogP contribution in [-0.2, 0) is 13.6 Å². The lowest BCUT2D eigenvalue weighted by Crippen LogP contribution is -1.94. The fourth-order valence-corrected chi connectivity index (χ4v) is 1.70. The van der Waals surface area contributed by atoms with E-state index in [0.717, 1.165) is 6.54 Å². The molecule has 2 aromatic heterocycles. The number of nitrogens with zero attached hydrogens (tertiary/aromatic N) is 4. The number of hydrogen-bond acceptors (Lipinski definition) is 3. The number of aromatic nitrogens is 4. The quantitative estimate of drug-likeness (QED) is 0.628. The summed E-state index contributed by atoms with van der Waals surface area (Å²) < 4.78 is 3.30. The van der Waals surface area contributed by atoms with Gasteiger partial charge in [0.15, 0.2) is 5.78 Å². The van der Waals surface area contributed by atoms with Crippen LogP contribution >= 0.6 is 11.6 Å². The molecule has 2 rings (SSSR count). The summed E-state index contributed by atoms with van der Waals surface area (Å²) in [4.78, 5) is 11.8. The minimum absolute atomic E-state index is 0.120. The predicted octanol–water partition coefficient (Wildman–Crippen LogP) is 2.19. The van der Waals surface area contributed by atoms with Crippen LogP contribution < -0.4 is 0 Å². The topological polar surface area (TPSA) is 52.7 Å². The van der Waals surface area contributed by atoms with Gasteiger partial charge >= 0.3 is 0 Å². The zero-order valence-electron chi connectivity index (χ0n) is 10.2. The molecule has 2 aromatic rings. The molecule has 94 valence electrons. The molecule has 0 bridgehead atoms. The van der Waals surface area contributed by atoms with Crippen molar-refractivity contribution in [3.8, 4) is 0 Å². The Morgan fingerprint density at radius 2 is 2.28 bits per heavy atom. The highest BCUT2D eigenvalue weighted by Gasteiger charge is 2.06. The van der Waals surface area contributed by atoms with Gasteiger partial charge in [-0.05, 0) is 19.1 Å². The Bertz CT molecular complexity index is 597. The van der Waals surface area contributed by atoms with Crippen molar-refractivity contribution < 1.29 is 4.79 Å². The summed E-state index contributed by atoms with van der Waals surface area (Å²) in [6.07, 6.45) is 7.99. The van der Waals surface area contributed by atoms with Crippen LogP contribution in [0.2, 0.25) is 5.02 Å². The molecule has 0 saturated heterocycles. The molecule has 0 aliphatic heterocycles. The summed E-state index contributed by atoms with van der Waals surface area (Å²) in [5, 5.41) is 8.70. The van der Waals surface area contributed by atoms with E-state index >= 15 is 0 Å². The van der Waals surface area contributed by atoms with Gasteiger partial charge in [0.1, 0.15) is 5.69 Å². The van der Waals surface area contributed by atoms with Crippen molar-refractivity contribution in [2.75, 3.05) is 0 Å². The van der Waals surface area contributed by atoms with Crippen molar-refractivity contribution in [2.45, 2.75) is 13.5 Å². The normalized spacial score (nSPS) is 11.3. The van der Waals surface area contributed by atoms with Gasteiger partial charge in [0.2, 0.25) is 0 Å². The maximum absolute atomic E-state index is 11.8. The number of allylic oxidation sites excluding steroid dienone is 1. The third-order valence-corrected chi connectivity index (χ3v) is 2.74. The molecular weight excluding hydrogens is 252 g/mol. The monoisotopic (exact) mass is 264 g/mol. The first-order valence-corrected chi connectivity index (χ1v) is 5.92. The number of halogens is 1. The standard InChI is InChI=1S/C12H13ClN4O/c1-3-17-8-10(13)11(15-17)4-5-12(18)9-6-14-16(2)7-9/h4-8H,3H2,1-2H3. The molecule has 0 unspecified atom stereocenters. The third-order valence-electron chi connectivity index (χ3n) is 2.45. The fourth-order valence-electron chi connectivity index (χ4n) is 1.49. The van der Waals surface area contributed by atoms with E-state index in [2.05, 4.69) is 10.2 Å². The summed E-state index contributed by atoms with van der Waals surface area (Å²) >= 11 is 5.99. The van der Waals surface area contributed by atoms with E-state index in [4.69, 9.17) is 11.6 Å². The maximum Gasteiger partial charge on any atom is 0.189 e. The van der Waals surface area contributed by atoms with E-state index in [9.17, 15) is 4.79 Å². The highest BCUT2D eigenvalue weighted by Crippen LogP contribution is 2.15. The van der Waals surface area contributed by atoms with Crippen molar-refractivity contribution in [3.63, 3.8) is 0 Å². The molecule has 0 amide bonds. The molecular formula is C12H13ClN4O. The fraction of sp³-hybridized carbons (Fsp3) is 0.250. The second-order valence-corrected chi connectivity index (χ2v) is 4.23. The lowest BCUT2D eigenvalue weighted by Gasteiger charge is -1.90. The van der Waals surface area contributed by atoms with Gasteiger partial charge < -0.3 is 0 Å². The Labute approximate surface area is 110 Å². The van der Waals surface area contributed by atoms with Crippen LogP contribution in [-0.4, -0.2) is 25.3 Å². The predicted molar refractivity (Wildman–Crippen MR) is 69.5 cm³/mol. The SMILES string of the molecule is CCn1cc(Cl)c(C=CC(=O)c2cnn(C)c2)n1. The number of hydrogen-bond donors (Lipinski definition) is 0. The first-order valence-electron chi connectivity index (χ1n) is 5.54. The number of carbonyl (C=O) groups is 1. The van der Waals surface area contributed by atoms with E-state index in [1.54, 1.807) is 34.9 Å². The van der Waals surface area contributed by atoms with Crippen LogP contribution in [0.3, 0.4) is 0 Å². The lowest BCUT2D eigenvalue weighted by atomic mass is 10.2. The zero-order valence-corrected chi connectivity index (χ0v) is 10.9. The van der Waals surface area contributed by atoms with E-state index in [1.807, 2.05) is 6.92 Å². The van der Waals surface area contributed by atoms with E-state index in [-0.39, 0.29) is 5.78 Å². The highest BCUT2D eigenvalue weighted by atomic mass is 35.5. The second kappa shape index (κ2) is 5.18. The Hall–Kier alpha value is -1.88. The molecule has 0 atom stereocenters. The van der Waals surface area contributed by atoms with E-state index in [1.165, 1.54) is 12.3 Å². The Morgan fingerprint density at radius 3 is 2.83 bits per heavy atom. The molecule has 0 N–H and O–H groups in total. The smallest absolute Gasteiger partial charge is 0.189 e. The lowest BCUT2D eigenvalue weighted by molar-refractivity contribution is 0.104. The average molecular weight is 265 g/mol. The Kier molecular flexibility index (Phi) is 3.62. The van der Waals surface area contributed by atoms with Gasteiger partial charge in [-0.2, -0.15) is 10.2 Å². The first kappa shape index (κ1) is 12.6. The van der Waals surface area contributed by atoms with Crippen molar-refractivity contribution in [2.24, 2.45) is 7.05 Å². The summed E-state index contributed by atoms with van der Waals surface area (Å²) in [6, 6.07) is 0. The van der Waals surface area contributed by atoms with Gasteiger partial charge in [-0.3, -0.25) is 14.2 Å². The van der Waals surface area contributed by atoms with Crippen molar-refractivity contribution >= 4 is 23.5 Å². The molecule has 0 aliphatic rings. The van der Waals surface area contributed by atoms with Crippen molar-refractivity contribution in [1.82, 2.24) is 19.6 Å². The molecule has 0 saturated carbocycles. The number of rotatable bonds is 4. The van der Waals surface area contributed by atoms with E-state index < -0.39 is 0 Å². The molecule has 0 radical (unpaired) electrons. The van der Waals surface area contributed by atoms with Crippen LogP contribution in [0.1, 0.15) is 23.0 Å². The summed E-state index contributed by atoms with van der Waals surface area (Å²) in [5.74, 6) is -0.120. The number of ketones is 1. The maximum atomic E-state index is 11.8. The molecule has 2 heterocycles. The van der Waals surface area contributed by atoms with Gasteiger partial charge in [-0.15, -0.1) is 0 Å². The van der Waals surface area contributed by atoms with Crippen LogP contribution in [0.15, 0.2) is 24.7 Å². The molecule has 0 aliphatic carbocycles. The molecule has 5 nitrogen and oxygen atoms in total. The highest BCUT2D eigenvalue weighted by molar-refractivity contribution is 6.31. The van der Waals surface area contributed by atoms with Gasteiger partial charge in [-0.1, -0.05) is 11.6 Å². The van der Waals surface area contributed by atoms with Gasteiger partial charge in [0.25, 0.3) is 0 Å². The third kappa shape index (κ3) is 2.68. The molecule has 0 fully saturated rings. The van der Waals surface area contributed by atoms with Crippen LogP contribution in [0, 0.1) is 0 Å². The second-order valence-electron chi connectivity index (χ2n) is 3.82. The zero-order chi connectivity index (χ0) is 13.1. The minimum Gasteiger partial charge on any atom is -0.289 e. The molecule has 0 aromatic carbocycles. The largest absolute Gasteiger partial charge is 0.289 e. The van der Waals surface area contributed by atoms with Crippen LogP contribution in [0.4, 0.5) is 0 Å². The van der Waals surface area contributed by atoms with Gasteiger partial charge in [0.05, 0.1) is 16.8 Å². The van der Waals surface area contributed by atoms with Gasteiger partial charge in [0, 0.05) is 26.0 Å². The van der Waals surface area contributed by atoms with E-state index in [0.29, 0.717) is 16.3 Å². The van der Waals surface area contributed by atoms with Crippen molar-refractivity contribution in [1.29, 1.82) is 0 Å².